The number of rotatable bonds is 0. The molecule has 3 nitrogen and oxygen atoms in total. The van der Waals surface area contributed by atoms with Crippen LogP contribution in [0.2, 0.25) is 0 Å². The molecule has 0 rings (SSSR count). The van der Waals surface area contributed by atoms with Crippen molar-refractivity contribution in [3.05, 3.63) is 0 Å². The number of hydrogen-bond acceptors (Lipinski definition) is 2. The molecule has 0 aromatic carbocycles. The van der Waals surface area contributed by atoms with E-state index in [1.165, 1.54) is 0 Å². The lowest BCUT2D eigenvalue weighted by Crippen LogP contribution is -2.10. The van der Waals surface area contributed by atoms with E-state index in [1.807, 2.05) is 0 Å². The Morgan fingerprint density at radius 2 is 1.86 bits per heavy atom. The summed E-state index contributed by atoms with van der Waals surface area (Å²) in [6.45, 7) is 0. The molecule has 0 saturated carbocycles. The van der Waals surface area contributed by atoms with Gasteiger partial charge in [0, 0.05) is 7.05 Å². The van der Waals surface area contributed by atoms with Crippen LogP contribution >= 0.6 is 12.2 Å². The van der Waals surface area contributed by atoms with E-state index in [4.69, 9.17) is 0 Å². The van der Waals surface area contributed by atoms with E-state index < -0.39 is 0 Å². The van der Waals surface area contributed by atoms with E-state index in [1.54, 1.807) is 7.05 Å². The normalized spacial score (nSPS) is 4.71. The molecule has 7 heavy (non-hydrogen) atoms. The number of thiocarbonyl (C=S) groups is 1. The van der Waals surface area contributed by atoms with Crippen LogP contribution in [0.5, 0.6) is 0 Å². The monoisotopic (exact) mass is 142 g/mol. The van der Waals surface area contributed by atoms with Crippen molar-refractivity contribution in [2.24, 2.45) is 0 Å². The zero-order valence-electron chi connectivity index (χ0n) is 4.32. The highest BCUT2D eigenvalue weighted by molar-refractivity contribution is 8.00. The molecule has 0 aromatic rings. The molecule has 0 aliphatic heterocycles. The third-order valence-electron chi connectivity index (χ3n) is 0.204. The van der Waals surface area contributed by atoms with Gasteiger partial charge in [0.25, 0.3) is 0 Å². The van der Waals surface area contributed by atoms with Gasteiger partial charge in [-0.1, -0.05) is 4.32 Å². The molecule has 0 aromatic heterocycles. The van der Waals surface area contributed by atoms with Gasteiger partial charge in [-0.25, -0.2) is 0 Å². The van der Waals surface area contributed by atoms with Crippen molar-refractivity contribution < 1.29 is 5.48 Å². The van der Waals surface area contributed by atoms with Gasteiger partial charge in [-0.3, -0.25) is 0 Å². The van der Waals surface area contributed by atoms with Crippen molar-refractivity contribution in [2.45, 2.75) is 0 Å². The van der Waals surface area contributed by atoms with Gasteiger partial charge in [-0.2, -0.15) is 0 Å². The molecule has 0 spiro atoms. The Morgan fingerprint density at radius 1 is 1.71 bits per heavy atom. The fourth-order valence-corrected chi connectivity index (χ4v) is 0. The maximum atomic E-state index is 4.40. The second-order valence-electron chi connectivity index (χ2n) is 0.537. The minimum Gasteiger partial charge on any atom is -0.412 e. The number of nitrogens with one attached hydrogen (secondary N) is 1. The largest absolute Gasteiger partial charge is 0.412 e. The molecule has 0 aliphatic carbocycles. The average Bonchev–Trinajstić information content (AvgIpc) is 1.38. The minimum absolute atomic E-state index is 0. The summed E-state index contributed by atoms with van der Waals surface area (Å²) < 4.78 is 0.421. The highest BCUT2D eigenvalue weighted by Gasteiger charge is 1.51. The molecule has 0 bridgehead atoms. The number of hydrogen-bond donors (Lipinski definition) is 2. The van der Waals surface area contributed by atoms with E-state index in [2.05, 4.69) is 30.2 Å². The summed E-state index contributed by atoms with van der Waals surface area (Å²) in [6, 6.07) is 0. The van der Waals surface area contributed by atoms with Crippen LogP contribution in [0.1, 0.15) is 0 Å². The smallest absolute Gasteiger partial charge is 0.00182 e. The molecular formula is C2H10N2OS2. The van der Waals surface area contributed by atoms with Gasteiger partial charge in [0.15, 0.2) is 0 Å². The lowest BCUT2D eigenvalue weighted by Gasteiger charge is -1.97. The van der Waals surface area contributed by atoms with Crippen LogP contribution in [0.3, 0.4) is 0 Å². The summed E-state index contributed by atoms with van der Waals surface area (Å²) in [5.41, 5.74) is 0. The predicted octanol–water partition coefficient (Wildman–Crippen LogP) is -0.411. The second-order valence-corrected chi connectivity index (χ2v) is 1.61. The zero-order valence-corrected chi connectivity index (χ0v) is 5.95. The first-order chi connectivity index (χ1) is 2.27. The molecule has 0 aliphatic rings. The van der Waals surface area contributed by atoms with Crippen LogP contribution in [0.25, 0.3) is 0 Å². The summed E-state index contributed by atoms with van der Waals surface area (Å²) >= 11 is 8.80. The third kappa shape index (κ3) is 23.8. The van der Waals surface area contributed by atoms with Gasteiger partial charge in [-0.05, 0) is 0 Å². The van der Waals surface area contributed by atoms with Gasteiger partial charge in [0.1, 0.15) is 0 Å². The van der Waals surface area contributed by atoms with Gasteiger partial charge in [0.2, 0.25) is 0 Å². The van der Waals surface area contributed by atoms with E-state index in [0.717, 1.165) is 0 Å². The Morgan fingerprint density at radius 3 is 1.86 bits per heavy atom. The Bertz CT molecular complexity index is 49.0. The van der Waals surface area contributed by atoms with E-state index in [9.17, 15) is 0 Å². The number of quaternary nitrogens is 1. The highest BCUT2D eigenvalue weighted by atomic mass is 32.1. The summed E-state index contributed by atoms with van der Waals surface area (Å²) in [5.74, 6) is 0. The molecule has 0 saturated heterocycles. The molecule has 5 heteroatoms. The van der Waals surface area contributed by atoms with Crippen LogP contribution in [0.15, 0.2) is 0 Å². The van der Waals surface area contributed by atoms with Gasteiger partial charge >= 0.3 is 0 Å². The first-order valence-corrected chi connectivity index (χ1v) is 1.97. The van der Waals surface area contributed by atoms with E-state index >= 15 is 0 Å². The Kier molecular flexibility index (Phi) is 21.1. The molecule has 0 unspecified atom stereocenters. The van der Waals surface area contributed by atoms with Gasteiger partial charge < -0.3 is 41.8 Å². The molecule has 0 amide bonds. The standard InChI is InChI=1S/C2H5NS2.H3N.H2O/c1-3-2(4)5;;/h1H3,(H2,3,4,5);1H3;1H2. The quantitative estimate of drug-likeness (QED) is 0.356. The minimum atomic E-state index is 0. The summed E-state index contributed by atoms with van der Waals surface area (Å²) in [6.07, 6.45) is 0. The SMILES string of the molecule is CNC(=S)[S-].O.[NH4+]. The Hall–Kier alpha value is 0.0300. The molecule has 7 N–H and O–H groups in total. The topological polar surface area (TPSA) is 80.0 Å². The van der Waals surface area contributed by atoms with Crippen LogP contribution in [-0.4, -0.2) is 16.8 Å². The third-order valence-corrected chi connectivity index (χ3v) is 0.612. The summed E-state index contributed by atoms with van der Waals surface area (Å²) in [7, 11) is 1.70. The molecule has 0 fully saturated rings. The van der Waals surface area contributed by atoms with Crippen LogP contribution in [0.4, 0.5) is 0 Å². The van der Waals surface area contributed by atoms with Crippen molar-refractivity contribution in [2.75, 3.05) is 7.05 Å². The lowest BCUT2D eigenvalue weighted by molar-refractivity contribution is 0.824. The maximum Gasteiger partial charge on any atom is 0.00182 e. The highest BCUT2D eigenvalue weighted by Crippen LogP contribution is 1.54. The van der Waals surface area contributed by atoms with E-state index in [0.29, 0.717) is 4.32 Å². The van der Waals surface area contributed by atoms with Crippen LogP contribution in [0, 0.1) is 0 Å². The van der Waals surface area contributed by atoms with E-state index in [-0.39, 0.29) is 11.6 Å². The molecule has 0 radical (unpaired) electrons. The van der Waals surface area contributed by atoms with Gasteiger partial charge in [0.05, 0.1) is 0 Å². The maximum absolute atomic E-state index is 4.40. The predicted molar refractivity (Wildman–Crippen MR) is 38.6 cm³/mol. The summed E-state index contributed by atoms with van der Waals surface area (Å²) in [4.78, 5) is 0. The van der Waals surface area contributed by atoms with Crippen molar-refractivity contribution in [3.63, 3.8) is 0 Å². The van der Waals surface area contributed by atoms with Crippen molar-refractivity contribution in [1.82, 2.24) is 11.5 Å². The van der Waals surface area contributed by atoms with Crippen LogP contribution in [-0.2, 0) is 12.6 Å². The summed E-state index contributed by atoms with van der Waals surface area (Å²) in [5, 5.41) is 2.57. The van der Waals surface area contributed by atoms with Crippen molar-refractivity contribution >= 4 is 29.2 Å². The van der Waals surface area contributed by atoms with Crippen LogP contribution < -0.4 is 11.5 Å². The molecule has 46 valence electrons. The molecular weight excluding hydrogens is 132 g/mol. The molecule has 0 heterocycles. The molecule has 0 atom stereocenters. The Labute approximate surface area is 53.8 Å². The first kappa shape index (κ1) is 15.7. The average molecular weight is 142 g/mol. The van der Waals surface area contributed by atoms with Gasteiger partial charge in [-0.15, -0.1) is 0 Å². The first-order valence-electron chi connectivity index (χ1n) is 1.16. The van der Waals surface area contributed by atoms with Crippen molar-refractivity contribution in [3.8, 4) is 0 Å². The zero-order chi connectivity index (χ0) is 4.28. The second kappa shape index (κ2) is 9.39. The van der Waals surface area contributed by atoms with Crippen molar-refractivity contribution in [1.29, 1.82) is 0 Å². The lowest BCUT2D eigenvalue weighted by atomic mass is 11.2. The fourth-order valence-electron chi connectivity index (χ4n) is 0. The fraction of sp³-hybridized carbons (Fsp3) is 0.500. The Balaban J connectivity index is -0.0000000800.